The van der Waals surface area contributed by atoms with E-state index in [1.807, 2.05) is 6.07 Å². The fourth-order valence-corrected chi connectivity index (χ4v) is 4.04. The first-order valence-electron chi connectivity index (χ1n) is 10.5. The molecule has 1 aliphatic heterocycles. The second kappa shape index (κ2) is 10.4. The van der Waals surface area contributed by atoms with E-state index < -0.39 is 0 Å². The summed E-state index contributed by atoms with van der Waals surface area (Å²) >= 11 is 0. The molecule has 0 amide bonds. The maximum Gasteiger partial charge on any atom is 0.269 e. The molecule has 154 valence electrons. The summed E-state index contributed by atoms with van der Waals surface area (Å²) in [6, 6.07) is 6.69. The Morgan fingerprint density at radius 3 is 2.71 bits per heavy atom. The highest BCUT2D eigenvalue weighted by Gasteiger charge is 2.24. The van der Waals surface area contributed by atoms with Crippen LogP contribution >= 0.6 is 0 Å². The normalized spacial score (nSPS) is 19.2. The molecule has 28 heavy (non-hydrogen) atoms. The standard InChI is InChI=1S/C21H32N4O3/c1-2-22-21(23-15-18-8-5-9-19(14-18)25(26)27)24-12-10-20(11-13-24)28-16-17-6-3-4-7-17/h5,8-9,14,17,20H,2-4,6-7,10-13,15-16H2,1H3,(H,22,23). The second-order valence-electron chi connectivity index (χ2n) is 7.77. The maximum absolute atomic E-state index is 10.9. The zero-order valence-corrected chi connectivity index (χ0v) is 16.8. The fraction of sp³-hybridized carbons (Fsp3) is 0.667. The summed E-state index contributed by atoms with van der Waals surface area (Å²) in [5, 5.41) is 14.3. The highest BCUT2D eigenvalue weighted by atomic mass is 16.6. The largest absolute Gasteiger partial charge is 0.378 e. The average molecular weight is 389 g/mol. The van der Waals surface area contributed by atoms with Crippen molar-refractivity contribution in [3.8, 4) is 0 Å². The molecule has 3 rings (SSSR count). The van der Waals surface area contributed by atoms with Gasteiger partial charge in [0.1, 0.15) is 0 Å². The number of aliphatic imine (C=N–C) groups is 1. The van der Waals surface area contributed by atoms with Crippen molar-refractivity contribution in [3.63, 3.8) is 0 Å². The number of nitrogens with one attached hydrogen (secondary N) is 1. The van der Waals surface area contributed by atoms with Gasteiger partial charge in [-0.05, 0) is 44.1 Å². The molecule has 1 aromatic carbocycles. The van der Waals surface area contributed by atoms with Crippen molar-refractivity contribution >= 4 is 11.6 Å². The maximum atomic E-state index is 10.9. The van der Waals surface area contributed by atoms with Crippen LogP contribution in [0.4, 0.5) is 5.69 Å². The second-order valence-corrected chi connectivity index (χ2v) is 7.77. The summed E-state index contributed by atoms with van der Waals surface area (Å²) in [6.45, 7) is 6.06. The molecule has 1 aliphatic carbocycles. The van der Waals surface area contributed by atoms with Crippen molar-refractivity contribution in [2.45, 2.75) is 58.1 Å². The summed E-state index contributed by atoms with van der Waals surface area (Å²) in [4.78, 5) is 17.6. The molecule has 0 aromatic heterocycles. The third-order valence-electron chi connectivity index (χ3n) is 5.65. The number of hydrogen-bond acceptors (Lipinski definition) is 4. The van der Waals surface area contributed by atoms with E-state index in [2.05, 4.69) is 17.1 Å². The molecule has 1 saturated carbocycles. The van der Waals surface area contributed by atoms with Crippen molar-refractivity contribution in [1.29, 1.82) is 0 Å². The molecule has 0 radical (unpaired) electrons. The smallest absolute Gasteiger partial charge is 0.269 e. The SMILES string of the molecule is CCNC(=NCc1cccc([N+](=O)[O-])c1)N1CCC(OCC2CCCC2)CC1. The van der Waals surface area contributed by atoms with Gasteiger partial charge in [-0.15, -0.1) is 0 Å². The van der Waals surface area contributed by atoms with Crippen molar-refractivity contribution in [3.05, 3.63) is 39.9 Å². The van der Waals surface area contributed by atoms with E-state index in [4.69, 9.17) is 9.73 Å². The van der Waals surface area contributed by atoms with E-state index in [1.165, 1.54) is 31.7 Å². The van der Waals surface area contributed by atoms with E-state index in [0.29, 0.717) is 12.6 Å². The van der Waals surface area contributed by atoms with Gasteiger partial charge < -0.3 is 15.0 Å². The number of guanidine groups is 1. The Labute approximate surface area is 167 Å². The van der Waals surface area contributed by atoms with Gasteiger partial charge in [0.15, 0.2) is 5.96 Å². The van der Waals surface area contributed by atoms with Crippen LogP contribution in [0.15, 0.2) is 29.3 Å². The Morgan fingerprint density at radius 2 is 2.04 bits per heavy atom. The van der Waals surface area contributed by atoms with Gasteiger partial charge in [0.05, 0.1) is 17.6 Å². The van der Waals surface area contributed by atoms with E-state index in [9.17, 15) is 10.1 Å². The summed E-state index contributed by atoms with van der Waals surface area (Å²) < 4.78 is 6.17. The number of piperidine rings is 1. The van der Waals surface area contributed by atoms with Crippen LogP contribution in [-0.4, -0.2) is 48.1 Å². The van der Waals surface area contributed by atoms with Gasteiger partial charge in [0, 0.05) is 38.4 Å². The van der Waals surface area contributed by atoms with Gasteiger partial charge in [0.2, 0.25) is 0 Å². The van der Waals surface area contributed by atoms with Gasteiger partial charge in [-0.25, -0.2) is 4.99 Å². The molecule has 7 heteroatoms. The van der Waals surface area contributed by atoms with Gasteiger partial charge in [-0.3, -0.25) is 10.1 Å². The average Bonchev–Trinajstić information content (AvgIpc) is 3.24. The Hall–Kier alpha value is -2.15. The molecule has 2 fully saturated rings. The molecule has 1 aromatic rings. The number of hydrogen-bond donors (Lipinski definition) is 1. The lowest BCUT2D eigenvalue weighted by Crippen LogP contribution is -2.47. The van der Waals surface area contributed by atoms with Gasteiger partial charge in [-0.1, -0.05) is 25.0 Å². The van der Waals surface area contributed by atoms with Crippen LogP contribution in [0.3, 0.4) is 0 Å². The van der Waals surface area contributed by atoms with E-state index in [0.717, 1.165) is 56.5 Å². The fourth-order valence-electron chi connectivity index (χ4n) is 4.04. The molecule has 0 bridgehead atoms. The van der Waals surface area contributed by atoms with Crippen LogP contribution in [0.25, 0.3) is 0 Å². The number of benzene rings is 1. The van der Waals surface area contributed by atoms with E-state index >= 15 is 0 Å². The number of nitro benzene ring substituents is 1. The van der Waals surface area contributed by atoms with Gasteiger partial charge >= 0.3 is 0 Å². The molecule has 7 nitrogen and oxygen atoms in total. The summed E-state index contributed by atoms with van der Waals surface area (Å²) in [5.41, 5.74) is 0.956. The third-order valence-corrected chi connectivity index (χ3v) is 5.65. The number of non-ortho nitro benzene ring substituents is 1. The lowest BCUT2D eigenvalue weighted by atomic mass is 10.1. The number of likely N-dealkylation sites (tertiary alicyclic amines) is 1. The van der Waals surface area contributed by atoms with Gasteiger partial charge in [-0.2, -0.15) is 0 Å². The Balaban J connectivity index is 1.51. The molecular formula is C21H32N4O3. The highest BCUT2D eigenvalue weighted by molar-refractivity contribution is 5.80. The molecule has 0 atom stereocenters. The summed E-state index contributed by atoms with van der Waals surface area (Å²) in [5.74, 6) is 1.65. The van der Waals surface area contributed by atoms with Crippen LogP contribution in [0.2, 0.25) is 0 Å². The molecule has 2 aliphatic rings. The van der Waals surface area contributed by atoms with E-state index in [-0.39, 0.29) is 10.6 Å². The van der Waals surface area contributed by atoms with E-state index in [1.54, 1.807) is 12.1 Å². The van der Waals surface area contributed by atoms with Crippen molar-refractivity contribution < 1.29 is 9.66 Å². The topological polar surface area (TPSA) is 80.0 Å². The predicted molar refractivity (Wildman–Crippen MR) is 110 cm³/mol. The Bertz CT molecular complexity index is 665. The lowest BCUT2D eigenvalue weighted by molar-refractivity contribution is -0.384. The van der Waals surface area contributed by atoms with Gasteiger partial charge in [0.25, 0.3) is 5.69 Å². The highest BCUT2D eigenvalue weighted by Crippen LogP contribution is 2.26. The van der Waals surface area contributed by atoms with Crippen molar-refractivity contribution in [2.75, 3.05) is 26.2 Å². The molecule has 0 spiro atoms. The molecule has 1 saturated heterocycles. The quantitative estimate of drug-likeness (QED) is 0.333. The third kappa shape index (κ3) is 5.92. The monoisotopic (exact) mass is 388 g/mol. The first-order chi connectivity index (χ1) is 13.7. The van der Waals surface area contributed by atoms with Crippen molar-refractivity contribution in [1.82, 2.24) is 10.2 Å². The molecule has 1 N–H and O–H groups in total. The Morgan fingerprint density at radius 1 is 1.29 bits per heavy atom. The van der Waals surface area contributed by atoms with Crippen LogP contribution < -0.4 is 5.32 Å². The lowest BCUT2D eigenvalue weighted by Gasteiger charge is -2.34. The van der Waals surface area contributed by atoms with Crippen LogP contribution in [0, 0.1) is 16.0 Å². The Kier molecular flexibility index (Phi) is 7.65. The zero-order chi connectivity index (χ0) is 19.8. The van der Waals surface area contributed by atoms with Crippen molar-refractivity contribution in [2.24, 2.45) is 10.9 Å². The predicted octanol–water partition coefficient (Wildman–Crippen LogP) is 3.73. The summed E-state index contributed by atoms with van der Waals surface area (Å²) in [6.07, 6.45) is 7.78. The molecule has 1 heterocycles. The minimum absolute atomic E-state index is 0.109. The zero-order valence-electron chi connectivity index (χ0n) is 16.8. The molecule has 0 unspecified atom stereocenters. The number of ether oxygens (including phenoxy) is 1. The number of rotatable bonds is 7. The minimum atomic E-state index is -0.366. The first kappa shape index (κ1) is 20.6. The van der Waals surface area contributed by atoms with Crippen LogP contribution in [0.1, 0.15) is 51.0 Å². The minimum Gasteiger partial charge on any atom is -0.378 e. The van der Waals surface area contributed by atoms with Crippen LogP contribution in [0.5, 0.6) is 0 Å². The molecular weight excluding hydrogens is 356 g/mol. The number of nitro groups is 1. The first-order valence-corrected chi connectivity index (χ1v) is 10.5. The number of nitrogens with zero attached hydrogens (tertiary/aromatic N) is 3. The van der Waals surface area contributed by atoms with Crippen LogP contribution in [-0.2, 0) is 11.3 Å². The summed E-state index contributed by atoms with van der Waals surface area (Å²) in [7, 11) is 0.